The molecule has 7 heteroatoms. The second-order valence-electron chi connectivity index (χ2n) is 7.63. The van der Waals surface area contributed by atoms with Crippen molar-refractivity contribution in [2.24, 2.45) is 0 Å². The Morgan fingerprint density at radius 2 is 1.90 bits per heavy atom. The van der Waals surface area contributed by atoms with Gasteiger partial charge in [0.2, 0.25) is 5.69 Å². The number of halogens is 1. The lowest BCUT2D eigenvalue weighted by atomic mass is 10.0. The minimum atomic E-state index is -0.516. The second-order valence-corrected chi connectivity index (χ2v) is 7.63. The molecule has 6 nitrogen and oxygen atoms in total. The quantitative estimate of drug-likeness (QED) is 0.505. The molecule has 1 atom stereocenters. The monoisotopic (exact) mass is 423 g/mol. The van der Waals surface area contributed by atoms with Crippen LogP contribution >= 0.6 is 0 Å². The van der Waals surface area contributed by atoms with Crippen molar-refractivity contribution in [1.82, 2.24) is 0 Å². The Morgan fingerprint density at radius 1 is 1.19 bits per heavy atom. The number of rotatable bonds is 4. The lowest BCUT2D eigenvalue weighted by Crippen LogP contribution is -2.50. The number of hydrogen-bond donors (Lipinski definition) is 1. The van der Waals surface area contributed by atoms with Gasteiger partial charge < -0.3 is 9.47 Å². The summed E-state index contributed by atoms with van der Waals surface area (Å²) in [5, 5.41) is 10.7. The molecule has 1 aliphatic rings. The van der Waals surface area contributed by atoms with E-state index in [-0.39, 0.29) is 31.0 Å². The molecular formula is C24H24FN2O4+. The number of carbonyl (C=O) groups is 1. The fourth-order valence-corrected chi connectivity index (χ4v) is 3.62. The smallest absolute Gasteiger partial charge is 0.441 e. The average Bonchev–Trinajstić information content (AvgIpc) is 2.77. The lowest BCUT2D eigenvalue weighted by molar-refractivity contribution is -0.910. The minimum Gasteiger partial charge on any atom is -0.444 e. The van der Waals surface area contributed by atoms with Crippen molar-refractivity contribution >= 4 is 11.8 Å². The van der Waals surface area contributed by atoms with Crippen LogP contribution in [0.2, 0.25) is 0 Å². The highest BCUT2D eigenvalue weighted by Gasteiger charge is 2.39. The number of amides is 1. The molecule has 1 aliphatic heterocycles. The number of carbonyl (C=O) groups excluding carboxylic acids is 1. The molecule has 0 saturated heterocycles. The third-order valence-electron chi connectivity index (χ3n) is 5.38. The SMILES string of the molecule is Cc1c(Cc2ccc(F)cc2)cc2c([n+]1O)OC[C@H](C)N2C(=O)OCc1ccccc1. The fraction of sp³-hybridized carbons (Fsp3) is 0.250. The van der Waals surface area contributed by atoms with Crippen molar-refractivity contribution in [3.8, 4) is 5.88 Å². The summed E-state index contributed by atoms with van der Waals surface area (Å²) < 4.78 is 25.5. The number of nitrogens with zero attached hydrogens (tertiary/aromatic N) is 2. The van der Waals surface area contributed by atoms with Gasteiger partial charge in [-0.1, -0.05) is 42.5 Å². The van der Waals surface area contributed by atoms with Gasteiger partial charge in [-0.25, -0.2) is 9.18 Å². The number of hydrogen-bond acceptors (Lipinski definition) is 4. The van der Waals surface area contributed by atoms with Crippen LogP contribution < -0.4 is 14.4 Å². The molecule has 0 fully saturated rings. The topological polar surface area (TPSA) is 62.9 Å². The summed E-state index contributed by atoms with van der Waals surface area (Å²) >= 11 is 0. The second kappa shape index (κ2) is 8.63. The van der Waals surface area contributed by atoms with Crippen LogP contribution in [0.25, 0.3) is 0 Å². The Hall–Kier alpha value is -3.61. The summed E-state index contributed by atoms with van der Waals surface area (Å²) in [5.74, 6) is -0.118. The molecule has 0 spiro atoms. The van der Waals surface area contributed by atoms with Gasteiger partial charge >= 0.3 is 12.0 Å². The van der Waals surface area contributed by atoms with E-state index in [0.29, 0.717) is 17.8 Å². The molecule has 1 N–H and O–H groups in total. The van der Waals surface area contributed by atoms with Gasteiger partial charge in [-0.15, -0.1) is 0 Å². The first-order valence-electron chi connectivity index (χ1n) is 10.1. The molecule has 31 heavy (non-hydrogen) atoms. The lowest BCUT2D eigenvalue weighted by Gasteiger charge is -2.31. The molecule has 0 aliphatic carbocycles. The van der Waals surface area contributed by atoms with Crippen LogP contribution in [0, 0.1) is 12.7 Å². The van der Waals surface area contributed by atoms with Gasteiger partial charge in [0.15, 0.2) is 5.69 Å². The van der Waals surface area contributed by atoms with E-state index in [0.717, 1.165) is 21.4 Å². The van der Waals surface area contributed by atoms with Crippen LogP contribution in [0.4, 0.5) is 14.9 Å². The number of pyridine rings is 1. The number of aromatic nitrogens is 1. The molecule has 160 valence electrons. The maximum Gasteiger partial charge on any atom is 0.441 e. The van der Waals surface area contributed by atoms with Gasteiger partial charge in [0.25, 0.3) is 0 Å². The standard InChI is InChI=1S/C24H24FN2O4/c1-16-14-30-23-22(26(16)24(28)31-15-19-6-4-3-5-7-19)13-20(17(2)27(23)29)12-18-8-10-21(25)11-9-18/h3-11,13,16,29H,12,14-15H2,1-2H3/q+1/t16-/m0/s1. The Balaban J connectivity index is 1.64. The third kappa shape index (κ3) is 4.30. The molecule has 2 aromatic carbocycles. The molecule has 0 unspecified atom stereocenters. The van der Waals surface area contributed by atoms with E-state index in [9.17, 15) is 14.4 Å². The van der Waals surface area contributed by atoms with Crippen LogP contribution in [0.15, 0.2) is 60.7 Å². The van der Waals surface area contributed by atoms with E-state index < -0.39 is 6.09 Å². The summed E-state index contributed by atoms with van der Waals surface area (Å²) in [4.78, 5) is 14.5. The molecule has 1 amide bonds. The molecule has 2 heterocycles. The fourth-order valence-electron chi connectivity index (χ4n) is 3.62. The Kier molecular flexibility index (Phi) is 5.75. The highest BCUT2D eigenvalue weighted by Crippen LogP contribution is 2.34. The van der Waals surface area contributed by atoms with Crippen LogP contribution in [-0.2, 0) is 17.8 Å². The highest BCUT2D eigenvalue weighted by molar-refractivity contribution is 5.90. The zero-order valence-electron chi connectivity index (χ0n) is 17.4. The zero-order valence-corrected chi connectivity index (χ0v) is 17.4. The maximum absolute atomic E-state index is 13.3. The molecule has 0 bridgehead atoms. The van der Waals surface area contributed by atoms with Crippen molar-refractivity contribution in [2.45, 2.75) is 32.9 Å². The van der Waals surface area contributed by atoms with Crippen LogP contribution in [-0.4, -0.2) is 23.9 Å². The maximum atomic E-state index is 13.3. The molecule has 1 aromatic heterocycles. The minimum absolute atomic E-state index is 0.145. The first-order valence-corrected chi connectivity index (χ1v) is 10.1. The van der Waals surface area contributed by atoms with Crippen molar-refractivity contribution in [1.29, 1.82) is 0 Å². The number of fused-ring (bicyclic) bond motifs is 1. The predicted octanol–water partition coefficient (Wildman–Crippen LogP) is 4.17. The van der Waals surface area contributed by atoms with E-state index in [1.165, 1.54) is 17.0 Å². The van der Waals surface area contributed by atoms with Crippen molar-refractivity contribution < 1.29 is 28.6 Å². The summed E-state index contributed by atoms with van der Waals surface area (Å²) in [6, 6.07) is 17.2. The van der Waals surface area contributed by atoms with Gasteiger partial charge in [-0.3, -0.25) is 10.1 Å². The van der Waals surface area contributed by atoms with Gasteiger partial charge in [-0.2, -0.15) is 0 Å². The highest BCUT2D eigenvalue weighted by atomic mass is 19.1. The van der Waals surface area contributed by atoms with Crippen LogP contribution in [0.3, 0.4) is 0 Å². The van der Waals surface area contributed by atoms with Crippen molar-refractivity contribution in [3.63, 3.8) is 0 Å². The Morgan fingerprint density at radius 3 is 2.61 bits per heavy atom. The van der Waals surface area contributed by atoms with Crippen molar-refractivity contribution in [2.75, 3.05) is 11.5 Å². The van der Waals surface area contributed by atoms with Gasteiger partial charge in [0.1, 0.15) is 19.0 Å². The average molecular weight is 423 g/mol. The zero-order chi connectivity index (χ0) is 22.0. The van der Waals surface area contributed by atoms with E-state index in [2.05, 4.69) is 0 Å². The number of ether oxygens (including phenoxy) is 2. The molecule has 0 saturated carbocycles. The number of benzene rings is 2. The van der Waals surface area contributed by atoms with E-state index in [1.54, 1.807) is 19.1 Å². The van der Waals surface area contributed by atoms with Gasteiger partial charge in [-0.05, 0) is 36.2 Å². The third-order valence-corrected chi connectivity index (χ3v) is 5.38. The van der Waals surface area contributed by atoms with Crippen LogP contribution in [0.1, 0.15) is 29.3 Å². The summed E-state index contributed by atoms with van der Waals surface area (Å²) in [7, 11) is 0. The molecular weight excluding hydrogens is 399 g/mol. The van der Waals surface area contributed by atoms with Crippen molar-refractivity contribution in [3.05, 3.63) is 88.9 Å². The van der Waals surface area contributed by atoms with Gasteiger partial charge in [0.05, 0.1) is 10.8 Å². The van der Waals surface area contributed by atoms with E-state index in [4.69, 9.17) is 9.47 Å². The number of anilines is 1. The largest absolute Gasteiger partial charge is 0.444 e. The summed E-state index contributed by atoms with van der Waals surface area (Å²) in [6.45, 7) is 3.99. The molecule has 3 aromatic rings. The molecule has 0 radical (unpaired) electrons. The first kappa shape index (κ1) is 20.7. The van der Waals surface area contributed by atoms with Gasteiger partial charge in [0, 0.05) is 18.9 Å². The van der Waals surface area contributed by atoms with Crippen LogP contribution in [0.5, 0.6) is 5.88 Å². The van der Waals surface area contributed by atoms with E-state index in [1.807, 2.05) is 43.3 Å². The Labute approximate surface area is 180 Å². The summed E-state index contributed by atoms with van der Waals surface area (Å²) in [5.41, 5.74) is 3.56. The predicted molar refractivity (Wildman–Crippen MR) is 112 cm³/mol. The Bertz CT molecular complexity index is 1090. The summed E-state index contributed by atoms with van der Waals surface area (Å²) in [6.07, 6.45) is -0.0567. The van der Waals surface area contributed by atoms with E-state index >= 15 is 0 Å². The first-order chi connectivity index (χ1) is 14.9. The normalized spacial score (nSPS) is 15.2. The molecule has 4 rings (SSSR count).